The first-order valence-corrected chi connectivity index (χ1v) is 8.10. The molecular formula is C16H30N2O2. The number of amides is 1. The summed E-state index contributed by atoms with van der Waals surface area (Å²) in [5.41, 5.74) is 5.88. The Bertz CT molecular complexity index is 330. The Morgan fingerprint density at radius 2 is 1.70 bits per heavy atom. The van der Waals surface area contributed by atoms with Crippen LogP contribution in [0.4, 0.5) is 4.79 Å². The van der Waals surface area contributed by atoms with Gasteiger partial charge in [-0.2, -0.15) is 0 Å². The van der Waals surface area contributed by atoms with Crippen molar-refractivity contribution in [3.63, 3.8) is 0 Å². The van der Waals surface area contributed by atoms with Gasteiger partial charge in [-0.25, -0.2) is 4.79 Å². The molecule has 2 N–H and O–H groups in total. The van der Waals surface area contributed by atoms with Crippen LogP contribution in [0.5, 0.6) is 0 Å². The van der Waals surface area contributed by atoms with E-state index in [2.05, 4.69) is 0 Å². The fourth-order valence-corrected chi connectivity index (χ4v) is 3.61. The van der Waals surface area contributed by atoms with Crippen molar-refractivity contribution in [1.29, 1.82) is 0 Å². The second-order valence-electron chi connectivity index (χ2n) is 7.42. The maximum atomic E-state index is 12.0. The summed E-state index contributed by atoms with van der Waals surface area (Å²) in [5, 5.41) is 0. The monoisotopic (exact) mass is 282 g/mol. The molecule has 2 rings (SSSR count). The lowest BCUT2D eigenvalue weighted by Crippen LogP contribution is -2.46. The molecule has 0 aromatic rings. The van der Waals surface area contributed by atoms with Gasteiger partial charge in [0.2, 0.25) is 0 Å². The van der Waals surface area contributed by atoms with Gasteiger partial charge in [0.05, 0.1) is 0 Å². The van der Waals surface area contributed by atoms with E-state index in [0.29, 0.717) is 17.9 Å². The topological polar surface area (TPSA) is 55.6 Å². The van der Waals surface area contributed by atoms with Crippen LogP contribution in [-0.4, -0.2) is 35.7 Å². The average Bonchev–Trinajstić information content (AvgIpc) is 2.37. The average molecular weight is 282 g/mol. The number of nitrogens with zero attached hydrogens (tertiary/aromatic N) is 1. The van der Waals surface area contributed by atoms with Crippen molar-refractivity contribution < 1.29 is 9.53 Å². The van der Waals surface area contributed by atoms with Crippen molar-refractivity contribution >= 4 is 6.09 Å². The zero-order valence-electron chi connectivity index (χ0n) is 13.2. The molecule has 4 nitrogen and oxygen atoms in total. The molecule has 1 saturated heterocycles. The van der Waals surface area contributed by atoms with Gasteiger partial charge in [0.25, 0.3) is 0 Å². The van der Waals surface area contributed by atoms with E-state index >= 15 is 0 Å². The molecular weight excluding hydrogens is 252 g/mol. The fraction of sp³-hybridized carbons (Fsp3) is 0.938. The largest absolute Gasteiger partial charge is 0.444 e. The third-order valence-corrected chi connectivity index (χ3v) is 4.67. The van der Waals surface area contributed by atoms with Crippen LogP contribution >= 0.6 is 0 Å². The van der Waals surface area contributed by atoms with E-state index in [0.717, 1.165) is 25.9 Å². The lowest BCUT2D eigenvalue weighted by atomic mass is 9.73. The number of rotatable bonds is 1. The third kappa shape index (κ3) is 4.11. The van der Waals surface area contributed by atoms with Crippen LogP contribution in [0.3, 0.4) is 0 Å². The van der Waals surface area contributed by atoms with Gasteiger partial charge < -0.3 is 15.4 Å². The molecule has 0 aromatic carbocycles. The zero-order valence-corrected chi connectivity index (χ0v) is 13.2. The second-order valence-corrected chi connectivity index (χ2v) is 7.42. The minimum atomic E-state index is -0.403. The SMILES string of the molecule is CC(C)(C)OC(=O)N1CCC([C@@H]2CCCC[C@@H]2N)CC1. The number of hydrogen-bond donors (Lipinski definition) is 1. The second kappa shape index (κ2) is 6.33. The summed E-state index contributed by atoms with van der Waals surface area (Å²) in [6.07, 6.45) is 7.06. The van der Waals surface area contributed by atoms with Gasteiger partial charge in [0.1, 0.15) is 5.60 Å². The Balaban J connectivity index is 1.81. The van der Waals surface area contributed by atoms with Crippen molar-refractivity contribution in [1.82, 2.24) is 4.90 Å². The van der Waals surface area contributed by atoms with Crippen LogP contribution in [0.15, 0.2) is 0 Å². The molecule has 0 aromatic heterocycles. The molecule has 1 saturated carbocycles. The highest BCUT2D eigenvalue weighted by molar-refractivity contribution is 5.68. The van der Waals surface area contributed by atoms with Crippen molar-refractivity contribution in [3.05, 3.63) is 0 Å². The molecule has 1 aliphatic carbocycles. The van der Waals surface area contributed by atoms with Crippen LogP contribution in [0.2, 0.25) is 0 Å². The summed E-state index contributed by atoms with van der Waals surface area (Å²) in [4.78, 5) is 13.9. The van der Waals surface area contributed by atoms with Crippen molar-refractivity contribution in [3.8, 4) is 0 Å². The molecule has 1 heterocycles. The van der Waals surface area contributed by atoms with Gasteiger partial charge in [-0.3, -0.25) is 0 Å². The zero-order chi connectivity index (χ0) is 14.8. The van der Waals surface area contributed by atoms with Gasteiger partial charge in [0.15, 0.2) is 0 Å². The molecule has 20 heavy (non-hydrogen) atoms. The molecule has 0 spiro atoms. The van der Waals surface area contributed by atoms with Crippen LogP contribution in [0.25, 0.3) is 0 Å². The normalized spacial score (nSPS) is 29.3. The molecule has 4 heteroatoms. The van der Waals surface area contributed by atoms with Crippen molar-refractivity contribution in [2.75, 3.05) is 13.1 Å². The summed E-state index contributed by atoms with van der Waals surface area (Å²) >= 11 is 0. The standard InChI is InChI=1S/C16H30N2O2/c1-16(2,3)20-15(19)18-10-8-12(9-11-18)13-6-4-5-7-14(13)17/h12-14H,4-11,17H2,1-3H3/t13-,14-/m0/s1. The van der Waals surface area contributed by atoms with Gasteiger partial charge in [-0.1, -0.05) is 12.8 Å². The first kappa shape index (κ1) is 15.6. The summed E-state index contributed by atoms with van der Waals surface area (Å²) in [7, 11) is 0. The maximum Gasteiger partial charge on any atom is 0.410 e. The number of piperidine rings is 1. The van der Waals surface area contributed by atoms with Gasteiger partial charge >= 0.3 is 6.09 Å². The molecule has 0 unspecified atom stereocenters. The van der Waals surface area contributed by atoms with Gasteiger partial charge in [0, 0.05) is 19.1 Å². The van der Waals surface area contributed by atoms with Gasteiger partial charge in [-0.15, -0.1) is 0 Å². The molecule has 0 radical (unpaired) electrons. The first-order valence-electron chi connectivity index (χ1n) is 8.10. The van der Waals surface area contributed by atoms with E-state index < -0.39 is 5.60 Å². The Morgan fingerprint density at radius 1 is 1.10 bits per heavy atom. The van der Waals surface area contributed by atoms with E-state index in [4.69, 9.17) is 10.5 Å². The summed E-state index contributed by atoms with van der Waals surface area (Å²) < 4.78 is 5.44. The number of carbonyl (C=O) groups is 1. The van der Waals surface area contributed by atoms with E-state index in [-0.39, 0.29) is 6.09 Å². The van der Waals surface area contributed by atoms with Crippen LogP contribution < -0.4 is 5.73 Å². The molecule has 116 valence electrons. The summed E-state index contributed by atoms with van der Waals surface area (Å²) in [5.74, 6) is 1.37. The first-order chi connectivity index (χ1) is 9.37. The Kier molecular flexibility index (Phi) is 4.95. The number of likely N-dealkylation sites (tertiary alicyclic amines) is 1. The lowest BCUT2D eigenvalue weighted by molar-refractivity contribution is 0.0142. The van der Waals surface area contributed by atoms with Crippen LogP contribution in [0.1, 0.15) is 59.3 Å². The maximum absolute atomic E-state index is 12.0. The molecule has 2 aliphatic rings. The predicted octanol–water partition coefficient (Wildman–Crippen LogP) is 3.15. The number of carbonyl (C=O) groups excluding carboxylic acids is 1. The van der Waals surface area contributed by atoms with E-state index in [1.807, 2.05) is 25.7 Å². The Labute approximate surface area is 123 Å². The number of hydrogen-bond acceptors (Lipinski definition) is 3. The van der Waals surface area contributed by atoms with Gasteiger partial charge in [-0.05, 0) is 58.3 Å². The highest BCUT2D eigenvalue weighted by atomic mass is 16.6. The molecule has 1 aliphatic heterocycles. The minimum absolute atomic E-state index is 0.163. The Morgan fingerprint density at radius 3 is 2.25 bits per heavy atom. The van der Waals surface area contributed by atoms with E-state index in [1.165, 1.54) is 25.7 Å². The third-order valence-electron chi connectivity index (χ3n) is 4.67. The van der Waals surface area contributed by atoms with E-state index in [1.54, 1.807) is 0 Å². The molecule has 2 atom stereocenters. The van der Waals surface area contributed by atoms with Crippen molar-refractivity contribution in [2.24, 2.45) is 17.6 Å². The summed E-state index contributed by atoms with van der Waals surface area (Å²) in [6.45, 7) is 7.39. The van der Waals surface area contributed by atoms with Crippen LogP contribution in [0, 0.1) is 11.8 Å². The highest BCUT2D eigenvalue weighted by Crippen LogP contribution is 2.35. The lowest BCUT2D eigenvalue weighted by Gasteiger charge is -2.40. The Hall–Kier alpha value is -0.770. The highest BCUT2D eigenvalue weighted by Gasteiger charge is 2.34. The predicted molar refractivity (Wildman–Crippen MR) is 80.5 cm³/mol. The number of ether oxygens (including phenoxy) is 1. The summed E-state index contributed by atoms with van der Waals surface area (Å²) in [6, 6.07) is 0.377. The minimum Gasteiger partial charge on any atom is -0.444 e. The smallest absolute Gasteiger partial charge is 0.410 e. The number of nitrogens with two attached hydrogens (primary N) is 1. The fourth-order valence-electron chi connectivity index (χ4n) is 3.61. The van der Waals surface area contributed by atoms with Crippen molar-refractivity contribution in [2.45, 2.75) is 70.9 Å². The van der Waals surface area contributed by atoms with Crippen LogP contribution in [-0.2, 0) is 4.74 Å². The quantitative estimate of drug-likeness (QED) is 0.803. The molecule has 0 bridgehead atoms. The van der Waals surface area contributed by atoms with E-state index in [9.17, 15) is 4.79 Å². The molecule has 2 fully saturated rings. The molecule has 1 amide bonds.